The third kappa shape index (κ3) is 5.09. The van der Waals surface area contributed by atoms with Gasteiger partial charge in [-0.2, -0.15) is 0 Å². The summed E-state index contributed by atoms with van der Waals surface area (Å²) in [6.07, 6.45) is 1.63. The van der Waals surface area contributed by atoms with E-state index in [1.54, 1.807) is 25.4 Å². The van der Waals surface area contributed by atoms with Crippen LogP contribution in [0.1, 0.15) is 5.56 Å². The van der Waals surface area contributed by atoms with Crippen LogP contribution in [0.2, 0.25) is 10.0 Å². The van der Waals surface area contributed by atoms with Gasteiger partial charge in [-0.15, -0.1) is 0 Å². The van der Waals surface area contributed by atoms with Crippen molar-refractivity contribution in [2.75, 3.05) is 44.7 Å². The number of nitrogens with zero attached hydrogens (tertiary/aromatic N) is 4. The lowest BCUT2D eigenvalue weighted by molar-refractivity contribution is -0.131. The molecule has 0 radical (unpaired) electrons. The van der Waals surface area contributed by atoms with Gasteiger partial charge in [-0.3, -0.25) is 9.69 Å². The van der Waals surface area contributed by atoms with E-state index >= 15 is 0 Å². The zero-order valence-corrected chi connectivity index (χ0v) is 16.5. The quantitative estimate of drug-likeness (QED) is 0.757. The number of hydrogen-bond donors (Lipinski definition) is 0. The van der Waals surface area contributed by atoms with E-state index in [1.807, 2.05) is 12.1 Å². The zero-order chi connectivity index (χ0) is 19.4. The summed E-state index contributed by atoms with van der Waals surface area (Å²) in [7, 11) is 1.67. The van der Waals surface area contributed by atoms with Crippen molar-refractivity contribution in [1.82, 2.24) is 14.8 Å². The highest BCUT2D eigenvalue weighted by Crippen LogP contribution is 2.21. The smallest absolute Gasteiger partial charge is 0.236 e. The number of carbonyl (C=O) groups is 1. The Labute approximate surface area is 168 Å². The molecule has 27 heavy (non-hydrogen) atoms. The van der Waals surface area contributed by atoms with Gasteiger partial charge >= 0.3 is 0 Å². The zero-order valence-electron chi connectivity index (χ0n) is 15.0. The van der Waals surface area contributed by atoms with Crippen LogP contribution in [-0.4, -0.2) is 60.5 Å². The summed E-state index contributed by atoms with van der Waals surface area (Å²) in [4.78, 5) is 22.6. The molecule has 8 heteroatoms. The maximum Gasteiger partial charge on any atom is 0.236 e. The molecular weight excluding hydrogens is 390 g/mol. The van der Waals surface area contributed by atoms with Gasteiger partial charge in [0.15, 0.2) is 0 Å². The first-order chi connectivity index (χ1) is 12.9. The number of anilines is 1. The summed E-state index contributed by atoms with van der Waals surface area (Å²) in [5, 5.41) is 0.944. The second-order valence-corrected chi connectivity index (χ2v) is 7.39. The third-order valence-corrected chi connectivity index (χ3v) is 5.23. The first-order valence-electron chi connectivity index (χ1n) is 8.70. The number of piperazine rings is 1. The van der Waals surface area contributed by atoms with Crippen molar-refractivity contribution < 1.29 is 9.18 Å². The molecule has 3 rings (SSSR count). The molecule has 2 heterocycles. The Morgan fingerprint density at radius 3 is 2.56 bits per heavy atom. The van der Waals surface area contributed by atoms with Crippen molar-refractivity contribution in [3.05, 3.63) is 58.0 Å². The highest BCUT2D eigenvalue weighted by Gasteiger charge is 2.22. The van der Waals surface area contributed by atoms with E-state index in [0.717, 1.165) is 32.0 Å². The van der Waals surface area contributed by atoms with E-state index in [1.165, 1.54) is 11.0 Å². The summed E-state index contributed by atoms with van der Waals surface area (Å²) in [5.41, 5.74) is 0.341. The first kappa shape index (κ1) is 19.9. The molecule has 1 aromatic carbocycles. The summed E-state index contributed by atoms with van der Waals surface area (Å²) < 4.78 is 13.9. The number of likely N-dealkylation sites (N-methyl/N-ethyl adjacent to an activating group) is 1. The highest BCUT2D eigenvalue weighted by atomic mass is 35.5. The van der Waals surface area contributed by atoms with E-state index in [9.17, 15) is 9.18 Å². The second-order valence-electron chi connectivity index (χ2n) is 6.55. The van der Waals surface area contributed by atoms with Crippen LogP contribution in [0, 0.1) is 5.82 Å². The fourth-order valence-corrected chi connectivity index (χ4v) is 3.35. The maximum absolute atomic E-state index is 13.9. The van der Waals surface area contributed by atoms with Crippen molar-refractivity contribution in [2.24, 2.45) is 0 Å². The van der Waals surface area contributed by atoms with E-state index in [0.29, 0.717) is 22.2 Å². The number of amides is 1. The number of carbonyl (C=O) groups excluding carboxylic acids is 1. The van der Waals surface area contributed by atoms with Gasteiger partial charge in [-0.25, -0.2) is 9.37 Å². The van der Waals surface area contributed by atoms with E-state index in [4.69, 9.17) is 23.2 Å². The molecule has 1 saturated heterocycles. The van der Waals surface area contributed by atoms with Crippen LogP contribution in [0.3, 0.4) is 0 Å². The molecule has 0 bridgehead atoms. The molecule has 1 aliphatic rings. The summed E-state index contributed by atoms with van der Waals surface area (Å²) >= 11 is 11.9. The van der Waals surface area contributed by atoms with Crippen LogP contribution in [0.5, 0.6) is 0 Å². The Kier molecular flexibility index (Phi) is 6.52. The first-order valence-corrected chi connectivity index (χ1v) is 9.45. The molecule has 144 valence electrons. The van der Waals surface area contributed by atoms with Gasteiger partial charge in [-0.1, -0.05) is 29.3 Å². The average Bonchev–Trinajstić information content (AvgIpc) is 2.66. The van der Waals surface area contributed by atoms with Gasteiger partial charge < -0.3 is 9.80 Å². The summed E-state index contributed by atoms with van der Waals surface area (Å²) in [6, 6.07) is 8.25. The molecule has 1 aromatic heterocycles. The molecular formula is C19H21Cl2FN4O. The molecule has 1 amide bonds. The lowest BCUT2D eigenvalue weighted by atomic mass is 10.2. The number of benzene rings is 1. The van der Waals surface area contributed by atoms with E-state index < -0.39 is 5.82 Å². The number of aromatic nitrogens is 1. The summed E-state index contributed by atoms with van der Waals surface area (Å²) in [5.74, 6) is 0.426. The minimum absolute atomic E-state index is 0.0626. The lowest BCUT2D eigenvalue weighted by Gasteiger charge is -2.35. The Bertz CT molecular complexity index is 775. The second kappa shape index (κ2) is 8.87. The number of halogens is 3. The minimum atomic E-state index is -0.397. The van der Waals surface area contributed by atoms with Crippen LogP contribution >= 0.6 is 23.2 Å². The fraction of sp³-hybridized carbons (Fsp3) is 0.368. The molecule has 0 unspecified atom stereocenters. The largest absolute Gasteiger partial charge is 0.354 e. The van der Waals surface area contributed by atoms with Crippen molar-refractivity contribution in [3.8, 4) is 0 Å². The lowest BCUT2D eigenvalue weighted by Crippen LogP contribution is -2.49. The van der Waals surface area contributed by atoms with Gasteiger partial charge in [-0.05, 0) is 24.3 Å². The Hall–Kier alpha value is -1.89. The number of rotatable bonds is 5. The van der Waals surface area contributed by atoms with Crippen LogP contribution in [0.25, 0.3) is 0 Å². The highest BCUT2D eigenvalue weighted by molar-refractivity contribution is 6.31. The van der Waals surface area contributed by atoms with Crippen LogP contribution < -0.4 is 4.90 Å². The van der Waals surface area contributed by atoms with Gasteiger partial charge in [0.2, 0.25) is 5.91 Å². The average molecular weight is 411 g/mol. The minimum Gasteiger partial charge on any atom is -0.354 e. The van der Waals surface area contributed by atoms with Gasteiger partial charge in [0.05, 0.1) is 11.6 Å². The molecule has 0 N–H and O–H groups in total. The normalized spacial score (nSPS) is 15.0. The predicted molar refractivity (Wildman–Crippen MR) is 106 cm³/mol. The fourth-order valence-electron chi connectivity index (χ4n) is 3.01. The molecule has 1 aliphatic heterocycles. The van der Waals surface area contributed by atoms with Gasteiger partial charge in [0.25, 0.3) is 0 Å². The van der Waals surface area contributed by atoms with Crippen molar-refractivity contribution >= 4 is 34.9 Å². The van der Waals surface area contributed by atoms with Crippen LogP contribution in [0.4, 0.5) is 10.2 Å². The topological polar surface area (TPSA) is 39.7 Å². The monoisotopic (exact) mass is 410 g/mol. The molecule has 5 nitrogen and oxygen atoms in total. The maximum atomic E-state index is 13.9. The SMILES string of the molecule is CN(Cc1c(F)cccc1Cl)C(=O)CN1CCN(c2ccc(Cl)cn2)CC1. The van der Waals surface area contributed by atoms with E-state index in [2.05, 4.69) is 14.8 Å². The molecule has 0 atom stereocenters. The Morgan fingerprint density at radius 2 is 1.93 bits per heavy atom. The molecule has 0 spiro atoms. The summed E-state index contributed by atoms with van der Waals surface area (Å²) in [6.45, 7) is 3.52. The molecule has 0 aliphatic carbocycles. The number of pyridine rings is 1. The van der Waals surface area contributed by atoms with E-state index in [-0.39, 0.29) is 12.5 Å². The molecule has 1 fully saturated rings. The third-order valence-electron chi connectivity index (χ3n) is 4.65. The van der Waals surface area contributed by atoms with Crippen molar-refractivity contribution in [3.63, 3.8) is 0 Å². The van der Waals surface area contributed by atoms with Crippen molar-refractivity contribution in [2.45, 2.75) is 6.54 Å². The number of hydrogen-bond acceptors (Lipinski definition) is 4. The van der Waals surface area contributed by atoms with Crippen LogP contribution in [-0.2, 0) is 11.3 Å². The predicted octanol–water partition coefficient (Wildman–Crippen LogP) is 3.31. The standard InChI is InChI=1S/C19H21Cl2FN4O/c1-24(12-15-16(21)3-2-4-17(15)22)19(27)13-25-7-9-26(10-8-25)18-6-5-14(20)11-23-18/h2-6,11H,7-10,12-13H2,1H3. The molecule has 2 aromatic rings. The van der Waals surface area contributed by atoms with Gasteiger partial charge in [0, 0.05) is 56.6 Å². The van der Waals surface area contributed by atoms with Gasteiger partial charge in [0.1, 0.15) is 11.6 Å². The van der Waals surface area contributed by atoms with Crippen LogP contribution in [0.15, 0.2) is 36.5 Å². The Morgan fingerprint density at radius 1 is 1.19 bits per heavy atom. The van der Waals surface area contributed by atoms with Crippen molar-refractivity contribution in [1.29, 1.82) is 0 Å². The molecule has 0 saturated carbocycles. The Balaban J connectivity index is 1.51.